The lowest BCUT2D eigenvalue weighted by molar-refractivity contribution is -0.117. The number of likely N-dealkylation sites (N-methyl/N-ethyl adjacent to an activating group) is 1. The Balaban J connectivity index is 1.57. The first-order chi connectivity index (χ1) is 11.1. The molecule has 7 heteroatoms. The number of nitrogens with one attached hydrogen (secondary N) is 1. The van der Waals surface area contributed by atoms with Crippen molar-refractivity contribution >= 4 is 17.3 Å². The number of aromatic nitrogens is 3. The van der Waals surface area contributed by atoms with Gasteiger partial charge in [-0.05, 0) is 38.2 Å². The Morgan fingerprint density at radius 1 is 1.17 bits per heavy atom. The summed E-state index contributed by atoms with van der Waals surface area (Å²) in [4.78, 5) is 16.7. The Morgan fingerprint density at radius 2 is 1.87 bits per heavy atom. The van der Waals surface area contributed by atoms with E-state index in [-0.39, 0.29) is 12.5 Å². The van der Waals surface area contributed by atoms with Gasteiger partial charge in [0.05, 0.1) is 11.9 Å². The monoisotopic (exact) mass is 314 g/mol. The molecule has 0 spiro atoms. The van der Waals surface area contributed by atoms with Gasteiger partial charge in [-0.3, -0.25) is 4.79 Å². The van der Waals surface area contributed by atoms with Gasteiger partial charge in [-0.25, -0.2) is 4.68 Å². The number of hydrogen-bond donors (Lipinski definition) is 1. The number of nitrogens with zero attached hydrogens (tertiary/aromatic N) is 5. The van der Waals surface area contributed by atoms with Crippen molar-refractivity contribution in [3.05, 3.63) is 36.2 Å². The van der Waals surface area contributed by atoms with Crippen molar-refractivity contribution < 1.29 is 4.79 Å². The Labute approximate surface area is 135 Å². The van der Waals surface area contributed by atoms with Crippen molar-refractivity contribution in [1.29, 1.82) is 0 Å². The fourth-order valence-corrected chi connectivity index (χ4v) is 2.62. The van der Waals surface area contributed by atoms with E-state index in [0.29, 0.717) is 0 Å². The highest BCUT2D eigenvalue weighted by Crippen LogP contribution is 2.19. The first-order valence-electron chi connectivity index (χ1n) is 7.80. The molecule has 0 atom stereocenters. The molecule has 0 saturated carbocycles. The minimum Gasteiger partial charge on any atom is -0.369 e. The molecule has 122 valence electrons. The molecule has 7 nitrogen and oxygen atoms in total. The van der Waals surface area contributed by atoms with Crippen LogP contribution in [0, 0.1) is 6.92 Å². The van der Waals surface area contributed by atoms with Crippen molar-refractivity contribution in [3.8, 4) is 0 Å². The van der Waals surface area contributed by atoms with E-state index in [2.05, 4.69) is 44.6 Å². The molecule has 1 aromatic heterocycles. The van der Waals surface area contributed by atoms with E-state index in [1.54, 1.807) is 10.9 Å². The van der Waals surface area contributed by atoms with E-state index >= 15 is 0 Å². The number of carbonyl (C=O) groups excluding carboxylic acids is 1. The van der Waals surface area contributed by atoms with E-state index < -0.39 is 0 Å². The number of rotatable bonds is 4. The molecule has 1 aliphatic heterocycles. The first-order valence-corrected chi connectivity index (χ1v) is 7.80. The molecular weight excluding hydrogens is 292 g/mol. The van der Waals surface area contributed by atoms with Crippen LogP contribution in [0.3, 0.4) is 0 Å². The molecule has 1 aliphatic rings. The summed E-state index contributed by atoms with van der Waals surface area (Å²) in [7, 11) is 2.15. The van der Waals surface area contributed by atoms with Crippen LogP contribution in [0.4, 0.5) is 11.4 Å². The van der Waals surface area contributed by atoms with Gasteiger partial charge in [0.25, 0.3) is 0 Å². The maximum absolute atomic E-state index is 12.0. The molecule has 1 aromatic carbocycles. The highest BCUT2D eigenvalue weighted by molar-refractivity contribution is 5.90. The van der Waals surface area contributed by atoms with E-state index in [9.17, 15) is 4.79 Å². The number of amides is 1. The van der Waals surface area contributed by atoms with Crippen LogP contribution in [-0.2, 0) is 11.3 Å². The predicted octanol–water partition coefficient (Wildman–Crippen LogP) is 0.977. The lowest BCUT2D eigenvalue weighted by atomic mass is 10.2. The Bertz CT molecular complexity index is 657. The highest BCUT2D eigenvalue weighted by atomic mass is 16.2. The van der Waals surface area contributed by atoms with Crippen LogP contribution in [-0.4, -0.2) is 59.0 Å². The number of aryl methyl sites for hydroxylation is 1. The van der Waals surface area contributed by atoms with Gasteiger partial charge in [-0.15, -0.1) is 5.10 Å². The molecule has 1 saturated heterocycles. The Kier molecular flexibility index (Phi) is 4.57. The summed E-state index contributed by atoms with van der Waals surface area (Å²) in [5, 5.41) is 10.5. The number of carbonyl (C=O) groups is 1. The number of benzene rings is 1. The molecule has 1 fully saturated rings. The average molecular weight is 314 g/mol. The zero-order valence-electron chi connectivity index (χ0n) is 13.6. The molecule has 2 heterocycles. The van der Waals surface area contributed by atoms with Gasteiger partial charge < -0.3 is 15.1 Å². The molecule has 0 aliphatic carbocycles. The van der Waals surface area contributed by atoms with Crippen molar-refractivity contribution in [1.82, 2.24) is 19.9 Å². The predicted molar refractivity (Wildman–Crippen MR) is 89.5 cm³/mol. The normalized spacial score (nSPS) is 15.7. The van der Waals surface area contributed by atoms with Crippen LogP contribution < -0.4 is 10.2 Å². The van der Waals surface area contributed by atoms with Crippen LogP contribution >= 0.6 is 0 Å². The quantitative estimate of drug-likeness (QED) is 0.911. The molecule has 1 N–H and O–H groups in total. The zero-order valence-corrected chi connectivity index (χ0v) is 13.6. The van der Waals surface area contributed by atoms with Crippen LogP contribution in [0.5, 0.6) is 0 Å². The lowest BCUT2D eigenvalue weighted by Crippen LogP contribution is -2.44. The third kappa shape index (κ3) is 3.87. The van der Waals surface area contributed by atoms with Gasteiger partial charge >= 0.3 is 0 Å². The second-order valence-corrected chi connectivity index (χ2v) is 5.92. The van der Waals surface area contributed by atoms with Crippen molar-refractivity contribution in [3.63, 3.8) is 0 Å². The standard InChI is InChI=1S/C16H22N6O/c1-13-11-17-19-22(13)12-16(23)18-14-3-5-15(6-4-14)21-9-7-20(2)8-10-21/h3-6,11H,7-10,12H2,1-2H3,(H,18,23). The molecular formula is C16H22N6O. The van der Waals surface area contributed by atoms with Gasteiger partial charge in [0.1, 0.15) is 6.54 Å². The zero-order chi connectivity index (χ0) is 16.2. The molecule has 2 aromatic rings. The third-order valence-electron chi connectivity index (χ3n) is 4.12. The molecule has 23 heavy (non-hydrogen) atoms. The highest BCUT2D eigenvalue weighted by Gasteiger charge is 2.14. The van der Waals surface area contributed by atoms with E-state index in [0.717, 1.165) is 37.6 Å². The minimum atomic E-state index is -0.106. The van der Waals surface area contributed by atoms with E-state index in [1.807, 2.05) is 19.1 Å². The van der Waals surface area contributed by atoms with Gasteiger partial charge in [0.2, 0.25) is 5.91 Å². The van der Waals surface area contributed by atoms with Crippen molar-refractivity contribution in [2.24, 2.45) is 0 Å². The smallest absolute Gasteiger partial charge is 0.246 e. The largest absolute Gasteiger partial charge is 0.369 e. The van der Waals surface area contributed by atoms with Crippen molar-refractivity contribution in [2.45, 2.75) is 13.5 Å². The number of piperazine rings is 1. The van der Waals surface area contributed by atoms with Crippen LogP contribution in [0.15, 0.2) is 30.5 Å². The Hall–Kier alpha value is -2.41. The molecule has 1 amide bonds. The molecule has 0 bridgehead atoms. The summed E-state index contributed by atoms with van der Waals surface area (Å²) in [5.41, 5.74) is 2.86. The minimum absolute atomic E-state index is 0.106. The second kappa shape index (κ2) is 6.78. The fraction of sp³-hybridized carbons (Fsp3) is 0.438. The number of hydrogen-bond acceptors (Lipinski definition) is 5. The van der Waals surface area contributed by atoms with Gasteiger partial charge in [0.15, 0.2) is 0 Å². The SMILES string of the molecule is Cc1cnnn1CC(=O)Nc1ccc(N2CCN(C)CC2)cc1. The summed E-state index contributed by atoms with van der Waals surface area (Å²) in [6.07, 6.45) is 1.64. The van der Waals surface area contributed by atoms with Gasteiger partial charge in [0, 0.05) is 37.6 Å². The van der Waals surface area contributed by atoms with Crippen molar-refractivity contribution in [2.75, 3.05) is 43.4 Å². The first kappa shape index (κ1) is 15.5. The maximum atomic E-state index is 12.0. The third-order valence-corrected chi connectivity index (χ3v) is 4.12. The Morgan fingerprint density at radius 3 is 2.48 bits per heavy atom. The molecule has 3 rings (SSSR count). The maximum Gasteiger partial charge on any atom is 0.246 e. The second-order valence-electron chi connectivity index (χ2n) is 5.92. The summed E-state index contributed by atoms with van der Waals surface area (Å²) < 4.78 is 1.58. The summed E-state index contributed by atoms with van der Waals surface area (Å²) in [6, 6.07) is 8.00. The molecule has 0 unspecified atom stereocenters. The van der Waals surface area contributed by atoms with Crippen LogP contribution in [0.2, 0.25) is 0 Å². The number of anilines is 2. The van der Waals surface area contributed by atoms with E-state index in [1.165, 1.54) is 5.69 Å². The van der Waals surface area contributed by atoms with Gasteiger partial charge in [-0.2, -0.15) is 0 Å². The average Bonchev–Trinajstić information content (AvgIpc) is 2.94. The van der Waals surface area contributed by atoms with Gasteiger partial charge in [-0.1, -0.05) is 5.21 Å². The molecule has 0 radical (unpaired) electrons. The van der Waals surface area contributed by atoms with Crippen LogP contribution in [0.25, 0.3) is 0 Å². The lowest BCUT2D eigenvalue weighted by Gasteiger charge is -2.34. The topological polar surface area (TPSA) is 66.3 Å². The summed E-state index contributed by atoms with van der Waals surface area (Å²) in [5.74, 6) is -0.106. The summed E-state index contributed by atoms with van der Waals surface area (Å²) >= 11 is 0. The van der Waals surface area contributed by atoms with E-state index in [4.69, 9.17) is 0 Å². The summed E-state index contributed by atoms with van der Waals surface area (Å²) in [6.45, 7) is 6.28. The van der Waals surface area contributed by atoms with Crippen LogP contribution in [0.1, 0.15) is 5.69 Å². The fourth-order valence-electron chi connectivity index (χ4n) is 2.62.